The highest BCUT2D eigenvalue weighted by Crippen LogP contribution is 2.27. The molecule has 1 N–H and O–H groups in total. The van der Waals surface area contributed by atoms with Gasteiger partial charge < -0.3 is 14.8 Å². The smallest absolute Gasteiger partial charge is 0.0666 e. The number of hydrogen-bond acceptors (Lipinski definition) is 3. The summed E-state index contributed by atoms with van der Waals surface area (Å²) in [4.78, 5) is 0. The molecule has 0 aromatic heterocycles. The number of nitrogens with one attached hydrogen (secondary N) is 1. The molecule has 2 atom stereocenters. The number of ether oxygens (including phenoxy) is 2. The molecule has 14 heavy (non-hydrogen) atoms. The lowest BCUT2D eigenvalue weighted by atomic mass is 9.90. The molecule has 0 bridgehead atoms. The second-order valence-electron chi connectivity index (χ2n) is 4.29. The van der Waals surface area contributed by atoms with Crippen molar-refractivity contribution in [2.75, 3.05) is 26.9 Å². The molecule has 0 aliphatic carbocycles. The van der Waals surface area contributed by atoms with Gasteiger partial charge in [0.2, 0.25) is 0 Å². The number of hydrogen-bond donors (Lipinski definition) is 1. The van der Waals surface area contributed by atoms with Crippen LogP contribution in [0.3, 0.4) is 0 Å². The predicted molar refractivity (Wildman–Crippen MR) is 57.5 cm³/mol. The van der Waals surface area contributed by atoms with Gasteiger partial charge in [0.1, 0.15) is 0 Å². The van der Waals surface area contributed by atoms with Crippen LogP contribution in [0.25, 0.3) is 0 Å². The van der Waals surface area contributed by atoms with Gasteiger partial charge >= 0.3 is 0 Å². The van der Waals surface area contributed by atoms with Crippen molar-refractivity contribution < 1.29 is 9.47 Å². The molecule has 1 heterocycles. The average Bonchev–Trinajstić information content (AvgIpc) is 2.19. The Labute approximate surface area is 87.2 Å². The van der Waals surface area contributed by atoms with Crippen LogP contribution in [0.1, 0.15) is 33.1 Å². The SMILES string of the molecule is CCC1(C)CC(NCCOC)CCO1. The summed E-state index contributed by atoms with van der Waals surface area (Å²) < 4.78 is 10.8. The lowest BCUT2D eigenvalue weighted by Crippen LogP contribution is -2.45. The van der Waals surface area contributed by atoms with Crippen molar-refractivity contribution >= 4 is 0 Å². The standard InChI is InChI=1S/C11H23NO2/c1-4-11(2)9-10(5-7-14-11)12-6-8-13-3/h10,12H,4-9H2,1-3H3. The van der Waals surface area contributed by atoms with Crippen molar-refractivity contribution in [3.05, 3.63) is 0 Å². The molecule has 0 aromatic rings. The van der Waals surface area contributed by atoms with E-state index in [2.05, 4.69) is 19.2 Å². The summed E-state index contributed by atoms with van der Waals surface area (Å²) in [6, 6.07) is 0.601. The van der Waals surface area contributed by atoms with Gasteiger partial charge in [-0.05, 0) is 26.2 Å². The fourth-order valence-corrected chi connectivity index (χ4v) is 1.92. The quantitative estimate of drug-likeness (QED) is 0.685. The minimum absolute atomic E-state index is 0.0863. The lowest BCUT2D eigenvalue weighted by Gasteiger charge is -2.38. The van der Waals surface area contributed by atoms with Crippen molar-refractivity contribution in [3.63, 3.8) is 0 Å². The summed E-state index contributed by atoms with van der Waals surface area (Å²) in [6.07, 6.45) is 3.34. The molecule has 84 valence electrons. The van der Waals surface area contributed by atoms with Gasteiger partial charge in [-0.25, -0.2) is 0 Å². The molecular weight excluding hydrogens is 178 g/mol. The van der Waals surface area contributed by atoms with Crippen molar-refractivity contribution in [1.82, 2.24) is 5.32 Å². The molecule has 3 heteroatoms. The minimum Gasteiger partial charge on any atom is -0.383 e. The second kappa shape index (κ2) is 5.69. The molecule has 1 fully saturated rings. The lowest BCUT2D eigenvalue weighted by molar-refractivity contribution is -0.0782. The first-order chi connectivity index (χ1) is 6.70. The summed E-state index contributed by atoms with van der Waals surface area (Å²) in [5.74, 6) is 0. The summed E-state index contributed by atoms with van der Waals surface area (Å²) >= 11 is 0. The van der Waals surface area contributed by atoms with Crippen LogP contribution in [-0.4, -0.2) is 38.5 Å². The van der Waals surface area contributed by atoms with E-state index in [-0.39, 0.29) is 5.60 Å². The van der Waals surface area contributed by atoms with Crippen LogP contribution in [0.2, 0.25) is 0 Å². The maximum Gasteiger partial charge on any atom is 0.0666 e. The highest BCUT2D eigenvalue weighted by atomic mass is 16.5. The molecule has 0 aromatic carbocycles. The Morgan fingerprint density at radius 1 is 1.57 bits per heavy atom. The van der Waals surface area contributed by atoms with Gasteiger partial charge in [-0.2, -0.15) is 0 Å². The van der Waals surface area contributed by atoms with Crippen molar-refractivity contribution in [2.24, 2.45) is 0 Å². The molecule has 3 nitrogen and oxygen atoms in total. The maximum absolute atomic E-state index is 5.78. The zero-order valence-corrected chi connectivity index (χ0v) is 9.64. The first kappa shape index (κ1) is 12.0. The Hall–Kier alpha value is -0.120. The summed E-state index contributed by atoms with van der Waals surface area (Å²) in [5, 5.41) is 3.51. The zero-order chi connectivity index (χ0) is 10.4. The molecule has 1 aliphatic heterocycles. The molecule has 0 radical (unpaired) electrons. The Bertz CT molecular complexity index is 163. The van der Waals surface area contributed by atoms with Crippen molar-refractivity contribution in [2.45, 2.75) is 44.8 Å². The maximum atomic E-state index is 5.78. The molecule has 1 aliphatic rings. The number of methoxy groups -OCH3 is 1. The summed E-state index contributed by atoms with van der Waals surface area (Å²) in [5.41, 5.74) is 0.0863. The fraction of sp³-hybridized carbons (Fsp3) is 1.00. The Morgan fingerprint density at radius 3 is 3.00 bits per heavy atom. The van der Waals surface area contributed by atoms with Gasteiger partial charge in [0, 0.05) is 26.3 Å². The van der Waals surface area contributed by atoms with Crippen LogP contribution in [0.5, 0.6) is 0 Å². The highest BCUT2D eigenvalue weighted by molar-refractivity contribution is 4.85. The van der Waals surface area contributed by atoms with Crippen LogP contribution in [0.4, 0.5) is 0 Å². The van der Waals surface area contributed by atoms with E-state index >= 15 is 0 Å². The van der Waals surface area contributed by atoms with E-state index in [0.717, 1.165) is 39.0 Å². The third-order valence-electron chi connectivity index (χ3n) is 3.08. The van der Waals surface area contributed by atoms with Crippen molar-refractivity contribution in [1.29, 1.82) is 0 Å². The number of rotatable bonds is 5. The van der Waals surface area contributed by atoms with E-state index in [4.69, 9.17) is 9.47 Å². The normalized spacial score (nSPS) is 33.2. The highest BCUT2D eigenvalue weighted by Gasteiger charge is 2.30. The van der Waals surface area contributed by atoms with E-state index in [0.29, 0.717) is 6.04 Å². The van der Waals surface area contributed by atoms with Gasteiger partial charge in [0.15, 0.2) is 0 Å². The van der Waals surface area contributed by atoms with E-state index in [9.17, 15) is 0 Å². The van der Waals surface area contributed by atoms with Gasteiger partial charge in [-0.15, -0.1) is 0 Å². The van der Waals surface area contributed by atoms with Gasteiger partial charge in [0.05, 0.1) is 12.2 Å². The van der Waals surface area contributed by atoms with Crippen LogP contribution in [-0.2, 0) is 9.47 Å². The van der Waals surface area contributed by atoms with E-state index in [1.165, 1.54) is 0 Å². The molecule has 2 unspecified atom stereocenters. The van der Waals surface area contributed by atoms with Crippen LogP contribution in [0, 0.1) is 0 Å². The third kappa shape index (κ3) is 3.56. The monoisotopic (exact) mass is 201 g/mol. The summed E-state index contributed by atoms with van der Waals surface area (Å²) in [7, 11) is 1.74. The molecule has 1 saturated heterocycles. The first-order valence-electron chi connectivity index (χ1n) is 5.56. The molecule has 0 saturated carbocycles. The molecular formula is C11H23NO2. The largest absolute Gasteiger partial charge is 0.383 e. The Balaban J connectivity index is 2.25. The first-order valence-corrected chi connectivity index (χ1v) is 5.56. The third-order valence-corrected chi connectivity index (χ3v) is 3.08. The molecule has 0 spiro atoms. The van der Waals surface area contributed by atoms with Gasteiger partial charge in [-0.3, -0.25) is 0 Å². The van der Waals surface area contributed by atoms with Crippen molar-refractivity contribution in [3.8, 4) is 0 Å². The van der Waals surface area contributed by atoms with E-state index in [1.54, 1.807) is 7.11 Å². The van der Waals surface area contributed by atoms with Gasteiger partial charge in [0.25, 0.3) is 0 Å². The Kier molecular flexibility index (Phi) is 4.85. The molecule has 1 rings (SSSR count). The second-order valence-corrected chi connectivity index (χ2v) is 4.29. The Morgan fingerprint density at radius 2 is 2.36 bits per heavy atom. The van der Waals surface area contributed by atoms with Gasteiger partial charge in [-0.1, -0.05) is 6.92 Å². The summed E-state index contributed by atoms with van der Waals surface area (Å²) in [6.45, 7) is 7.02. The van der Waals surface area contributed by atoms with Crippen LogP contribution >= 0.6 is 0 Å². The minimum atomic E-state index is 0.0863. The predicted octanol–water partition coefficient (Wildman–Crippen LogP) is 1.57. The van der Waals surface area contributed by atoms with E-state index < -0.39 is 0 Å². The van der Waals surface area contributed by atoms with E-state index in [1.807, 2.05) is 0 Å². The zero-order valence-electron chi connectivity index (χ0n) is 9.64. The van der Waals surface area contributed by atoms with Crippen LogP contribution in [0.15, 0.2) is 0 Å². The molecule has 0 amide bonds. The fourth-order valence-electron chi connectivity index (χ4n) is 1.92. The topological polar surface area (TPSA) is 30.5 Å². The van der Waals surface area contributed by atoms with Crippen LogP contribution < -0.4 is 5.32 Å². The average molecular weight is 201 g/mol.